The summed E-state index contributed by atoms with van der Waals surface area (Å²) in [6.45, 7) is 2.60. The van der Waals surface area contributed by atoms with Crippen LogP contribution in [0.2, 0.25) is 0 Å². The normalized spacial score (nSPS) is 14.2. The Labute approximate surface area is 115 Å². The highest BCUT2D eigenvalue weighted by Crippen LogP contribution is 2.32. The van der Waals surface area contributed by atoms with Crippen molar-refractivity contribution in [2.24, 2.45) is 0 Å². The molecule has 1 unspecified atom stereocenters. The van der Waals surface area contributed by atoms with Gasteiger partial charge in [0.2, 0.25) is 0 Å². The van der Waals surface area contributed by atoms with Gasteiger partial charge in [0.15, 0.2) is 11.5 Å². The molecule has 0 aliphatic carbocycles. The average Bonchev–Trinajstić information content (AvgIpc) is 2.37. The highest BCUT2D eigenvalue weighted by atomic mass is 16.6. The highest BCUT2D eigenvalue weighted by Gasteiger charge is 2.14. The van der Waals surface area contributed by atoms with Crippen molar-refractivity contribution < 1.29 is 24.2 Å². The van der Waals surface area contributed by atoms with E-state index in [0.29, 0.717) is 30.4 Å². The highest BCUT2D eigenvalue weighted by molar-refractivity contribution is 5.90. The number of carboxylic acids is 1. The summed E-state index contributed by atoms with van der Waals surface area (Å²) in [4.78, 5) is 22.2. The standard InChI is InChI=1S/C13H16N2O5/c1-8(6-12(16)17)14-13(18)15-9-2-3-10-11(7-9)20-5-4-19-10/h2-3,7-8H,4-6H2,1H3,(H,16,17)(H2,14,15,18). The Morgan fingerprint density at radius 3 is 2.70 bits per heavy atom. The number of nitrogens with one attached hydrogen (secondary N) is 2. The van der Waals surface area contributed by atoms with E-state index < -0.39 is 18.0 Å². The van der Waals surface area contributed by atoms with E-state index in [4.69, 9.17) is 14.6 Å². The van der Waals surface area contributed by atoms with Crippen LogP contribution in [0.1, 0.15) is 13.3 Å². The van der Waals surface area contributed by atoms with E-state index in [1.807, 2.05) is 0 Å². The zero-order valence-corrected chi connectivity index (χ0v) is 11.0. The fraction of sp³-hybridized carbons (Fsp3) is 0.385. The minimum atomic E-state index is -0.961. The van der Waals surface area contributed by atoms with Crippen molar-refractivity contribution in [3.8, 4) is 11.5 Å². The van der Waals surface area contributed by atoms with Crippen LogP contribution in [0.25, 0.3) is 0 Å². The Balaban J connectivity index is 1.92. The fourth-order valence-corrected chi connectivity index (χ4v) is 1.83. The van der Waals surface area contributed by atoms with Crippen LogP contribution in [-0.2, 0) is 4.79 Å². The number of urea groups is 1. The molecule has 7 heteroatoms. The van der Waals surface area contributed by atoms with E-state index in [0.717, 1.165) is 0 Å². The van der Waals surface area contributed by atoms with Crippen molar-refractivity contribution in [3.63, 3.8) is 0 Å². The summed E-state index contributed by atoms with van der Waals surface area (Å²) in [6.07, 6.45) is -0.130. The largest absolute Gasteiger partial charge is 0.486 e. The first-order chi connectivity index (χ1) is 9.54. The van der Waals surface area contributed by atoms with Crippen LogP contribution in [-0.4, -0.2) is 36.4 Å². The van der Waals surface area contributed by atoms with E-state index in [-0.39, 0.29) is 6.42 Å². The van der Waals surface area contributed by atoms with E-state index in [1.165, 1.54) is 0 Å². The number of ether oxygens (including phenoxy) is 2. The number of carbonyl (C=O) groups is 2. The SMILES string of the molecule is CC(CC(=O)O)NC(=O)Nc1ccc2c(c1)OCCO2. The number of anilines is 1. The summed E-state index contributed by atoms with van der Waals surface area (Å²) in [6, 6.07) is 4.15. The molecular weight excluding hydrogens is 264 g/mol. The van der Waals surface area contributed by atoms with Crippen LogP contribution >= 0.6 is 0 Å². The van der Waals surface area contributed by atoms with Crippen molar-refractivity contribution in [3.05, 3.63) is 18.2 Å². The quantitative estimate of drug-likeness (QED) is 0.775. The van der Waals surface area contributed by atoms with Gasteiger partial charge in [-0.3, -0.25) is 4.79 Å². The second kappa shape index (κ2) is 6.14. The van der Waals surface area contributed by atoms with Gasteiger partial charge >= 0.3 is 12.0 Å². The van der Waals surface area contributed by atoms with Crippen LogP contribution in [0, 0.1) is 0 Å². The second-order valence-electron chi connectivity index (χ2n) is 4.46. The summed E-state index contributed by atoms with van der Waals surface area (Å²) in [5.74, 6) is 0.256. The van der Waals surface area contributed by atoms with E-state index in [9.17, 15) is 9.59 Å². The number of hydrogen-bond acceptors (Lipinski definition) is 4. The van der Waals surface area contributed by atoms with Crippen molar-refractivity contribution in [2.75, 3.05) is 18.5 Å². The Morgan fingerprint density at radius 2 is 2.00 bits per heavy atom. The molecule has 1 aromatic carbocycles. The molecule has 20 heavy (non-hydrogen) atoms. The number of amides is 2. The molecule has 1 aliphatic rings. The Kier molecular flexibility index (Phi) is 4.29. The maximum Gasteiger partial charge on any atom is 0.319 e. The van der Waals surface area contributed by atoms with E-state index in [2.05, 4.69) is 10.6 Å². The summed E-state index contributed by atoms with van der Waals surface area (Å²) < 4.78 is 10.8. The van der Waals surface area contributed by atoms with Crippen LogP contribution in [0.15, 0.2) is 18.2 Å². The van der Waals surface area contributed by atoms with Gasteiger partial charge in [0, 0.05) is 17.8 Å². The minimum Gasteiger partial charge on any atom is -0.486 e. The summed E-state index contributed by atoms with van der Waals surface area (Å²) in [5, 5.41) is 13.8. The minimum absolute atomic E-state index is 0.130. The Bertz CT molecular complexity index is 517. The number of hydrogen-bond donors (Lipinski definition) is 3. The monoisotopic (exact) mass is 280 g/mol. The lowest BCUT2D eigenvalue weighted by Crippen LogP contribution is -2.37. The molecule has 7 nitrogen and oxygen atoms in total. The van der Waals surface area contributed by atoms with Crippen LogP contribution in [0.4, 0.5) is 10.5 Å². The summed E-state index contributed by atoms with van der Waals surface area (Å²) in [5.41, 5.74) is 0.550. The molecule has 0 radical (unpaired) electrons. The average molecular weight is 280 g/mol. The lowest BCUT2D eigenvalue weighted by Gasteiger charge is -2.19. The molecular formula is C13H16N2O5. The number of carboxylic acid groups (broad SMARTS) is 1. The molecule has 108 valence electrons. The summed E-state index contributed by atoms with van der Waals surface area (Å²) >= 11 is 0. The van der Waals surface area contributed by atoms with Gasteiger partial charge < -0.3 is 25.2 Å². The van der Waals surface area contributed by atoms with Gasteiger partial charge in [0.25, 0.3) is 0 Å². The van der Waals surface area contributed by atoms with Gasteiger partial charge in [-0.05, 0) is 19.1 Å². The number of fused-ring (bicyclic) bond motifs is 1. The van der Waals surface area contributed by atoms with Gasteiger partial charge in [0.05, 0.1) is 6.42 Å². The molecule has 0 spiro atoms. The molecule has 0 fully saturated rings. The third-order valence-corrected chi connectivity index (χ3v) is 2.66. The second-order valence-corrected chi connectivity index (χ2v) is 4.46. The van der Waals surface area contributed by atoms with Gasteiger partial charge in [0.1, 0.15) is 13.2 Å². The molecule has 2 amide bonds. The maximum absolute atomic E-state index is 11.7. The van der Waals surface area contributed by atoms with Gasteiger partial charge in [-0.1, -0.05) is 0 Å². The van der Waals surface area contributed by atoms with E-state index in [1.54, 1.807) is 25.1 Å². The third kappa shape index (κ3) is 3.78. The first-order valence-electron chi connectivity index (χ1n) is 6.23. The number of benzene rings is 1. The molecule has 0 saturated carbocycles. The Hall–Kier alpha value is -2.44. The molecule has 1 aromatic rings. The first-order valence-corrected chi connectivity index (χ1v) is 6.23. The Morgan fingerprint density at radius 1 is 1.30 bits per heavy atom. The molecule has 0 bridgehead atoms. The van der Waals surface area contributed by atoms with Gasteiger partial charge in [-0.15, -0.1) is 0 Å². The van der Waals surface area contributed by atoms with Crippen LogP contribution in [0.3, 0.4) is 0 Å². The number of aliphatic carboxylic acids is 1. The number of rotatable bonds is 4. The molecule has 1 aliphatic heterocycles. The van der Waals surface area contributed by atoms with Gasteiger partial charge in [-0.25, -0.2) is 4.79 Å². The molecule has 3 N–H and O–H groups in total. The van der Waals surface area contributed by atoms with Crippen molar-refractivity contribution in [1.29, 1.82) is 0 Å². The molecule has 0 saturated heterocycles. The molecule has 2 rings (SSSR count). The molecule has 0 aromatic heterocycles. The zero-order valence-electron chi connectivity index (χ0n) is 11.0. The first kappa shape index (κ1) is 14.0. The smallest absolute Gasteiger partial charge is 0.319 e. The predicted octanol–water partition coefficient (Wildman–Crippen LogP) is 1.44. The third-order valence-electron chi connectivity index (χ3n) is 2.66. The van der Waals surface area contributed by atoms with E-state index >= 15 is 0 Å². The predicted molar refractivity (Wildman–Crippen MR) is 71.3 cm³/mol. The van der Waals surface area contributed by atoms with Gasteiger partial charge in [-0.2, -0.15) is 0 Å². The van der Waals surface area contributed by atoms with Crippen LogP contribution in [0.5, 0.6) is 11.5 Å². The fourth-order valence-electron chi connectivity index (χ4n) is 1.83. The topological polar surface area (TPSA) is 96.9 Å². The molecule has 1 heterocycles. The van der Waals surface area contributed by atoms with Crippen molar-refractivity contribution >= 4 is 17.7 Å². The van der Waals surface area contributed by atoms with Crippen molar-refractivity contribution in [1.82, 2.24) is 5.32 Å². The van der Waals surface area contributed by atoms with Crippen LogP contribution < -0.4 is 20.1 Å². The number of carbonyl (C=O) groups excluding carboxylic acids is 1. The molecule has 1 atom stereocenters. The lowest BCUT2D eigenvalue weighted by molar-refractivity contribution is -0.137. The van der Waals surface area contributed by atoms with Crippen molar-refractivity contribution in [2.45, 2.75) is 19.4 Å². The summed E-state index contributed by atoms with van der Waals surface area (Å²) in [7, 11) is 0. The zero-order chi connectivity index (χ0) is 14.5. The lowest BCUT2D eigenvalue weighted by atomic mass is 10.2. The maximum atomic E-state index is 11.7.